The molecule has 1 aliphatic heterocycles. The molecule has 4 nitrogen and oxygen atoms in total. The molecule has 20 heavy (non-hydrogen) atoms. The van der Waals surface area contributed by atoms with Crippen LogP contribution in [0.15, 0.2) is 24.3 Å². The Balaban J connectivity index is 1.84. The van der Waals surface area contributed by atoms with E-state index in [2.05, 4.69) is 6.92 Å². The average Bonchev–Trinajstić information content (AvgIpc) is 2.91. The number of nitrogens with zero attached hydrogens (tertiary/aromatic N) is 1. The predicted molar refractivity (Wildman–Crippen MR) is 77.1 cm³/mol. The number of anilines is 1. The summed E-state index contributed by atoms with van der Waals surface area (Å²) in [5, 5.41) is 0. The second-order valence-electron chi connectivity index (χ2n) is 6.01. The van der Waals surface area contributed by atoms with Crippen LogP contribution in [0.25, 0.3) is 0 Å². The van der Waals surface area contributed by atoms with Gasteiger partial charge in [0.2, 0.25) is 11.8 Å². The first-order valence-corrected chi connectivity index (χ1v) is 7.28. The Morgan fingerprint density at radius 1 is 1.10 bits per heavy atom. The fourth-order valence-corrected chi connectivity index (χ4v) is 3.51. The number of amides is 2. The van der Waals surface area contributed by atoms with Crippen LogP contribution in [-0.2, 0) is 16.0 Å². The molecule has 2 aliphatic rings. The molecule has 2 fully saturated rings. The first kappa shape index (κ1) is 13.3. The number of benzene rings is 1. The highest BCUT2D eigenvalue weighted by Gasteiger charge is 2.52. The minimum absolute atomic E-state index is 0.0177. The van der Waals surface area contributed by atoms with E-state index in [1.165, 1.54) is 4.90 Å². The summed E-state index contributed by atoms with van der Waals surface area (Å²) in [6.45, 7) is 2.72. The van der Waals surface area contributed by atoms with Crippen molar-refractivity contribution >= 4 is 17.5 Å². The maximum absolute atomic E-state index is 12.4. The third-order valence-electron chi connectivity index (χ3n) is 4.50. The molecule has 2 N–H and O–H groups in total. The van der Waals surface area contributed by atoms with Gasteiger partial charge in [-0.15, -0.1) is 0 Å². The van der Waals surface area contributed by atoms with Gasteiger partial charge in [0.05, 0.1) is 17.5 Å². The number of carbonyl (C=O) groups is 2. The van der Waals surface area contributed by atoms with Gasteiger partial charge in [-0.3, -0.25) is 14.5 Å². The van der Waals surface area contributed by atoms with Crippen molar-refractivity contribution in [3.8, 4) is 0 Å². The molecule has 106 valence electrons. The first-order valence-electron chi connectivity index (χ1n) is 7.28. The van der Waals surface area contributed by atoms with Crippen LogP contribution in [0.3, 0.4) is 0 Å². The summed E-state index contributed by atoms with van der Waals surface area (Å²) < 4.78 is 0. The summed E-state index contributed by atoms with van der Waals surface area (Å²) in [7, 11) is 0. The van der Waals surface area contributed by atoms with E-state index in [9.17, 15) is 9.59 Å². The Morgan fingerprint density at radius 3 is 2.15 bits per heavy atom. The molecule has 0 aromatic heterocycles. The van der Waals surface area contributed by atoms with Gasteiger partial charge in [0.15, 0.2) is 0 Å². The summed E-state index contributed by atoms with van der Waals surface area (Å²) in [5.41, 5.74) is 7.35. The van der Waals surface area contributed by atoms with Crippen LogP contribution >= 0.6 is 0 Å². The zero-order valence-corrected chi connectivity index (χ0v) is 11.7. The van der Waals surface area contributed by atoms with Crippen molar-refractivity contribution < 1.29 is 9.59 Å². The minimum Gasteiger partial charge on any atom is -0.330 e. The lowest BCUT2D eigenvalue weighted by atomic mass is 10.00. The Hall–Kier alpha value is -1.68. The van der Waals surface area contributed by atoms with E-state index in [0.29, 0.717) is 18.2 Å². The van der Waals surface area contributed by atoms with Gasteiger partial charge in [0.1, 0.15) is 0 Å². The van der Waals surface area contributed by atoms with Crippen LogP contribution in [0, 0.1) is 17.8 Å². The topological polar surface area (TPSA) is 63.4 Å². The predicted octanol–water partition coefficient (Wildman–Crippen LogP) is 1.72. The van der Waals surface area contributed by atoms with E-state index in [-0.39, 0.29) is 23.7 Å². The zero-order chi connectivity index (χ0) is 14.3. The number of fused-ring (bicyclic) bond motifs is 1. The van der Waals surface area contributed by atoms with Crippen LogP contribution in [0.2, 0.25) is 0 Å². The number of rotatable bonds is 3. The number of hydrogen-bond donors (Lipinski definition) is 1. The van der Waals surface area contributed by atoms with Gasteiger partial charge >= 0.3 is 0 Å². The Kier molecular flexibility index (Phi) is 3.34. The van der Waals surface area contributed by atoms with E-state index in [1.54, 1.807) is 0 Å². The maximum Gasteiger partial charge on any atom is 0.237 e. The molecule has 3 rings (SSSR count). The zero-order valence-electron chi connectivity index (χ0n) is 11.7. The van der Waals surface area contributed by atoms with Crippen LogP contribution in [-0.4, -0.2) is 18.4 Å². The highest BCUT2D eigenvalue weighted by Crippen LogP contribution is 2.44. The smallest absolute Gasteiger partial charge is 0.237 e. The monoisotopic (exact) mass is 272 g/mol. The molecule has 0 spiro atoms. The molecule has 1 aromatic carbocycles. The normalized spacial score (nSPS) is 29.1. The van der Waals surface area contributed by atoms with Crippen molar-refractivity contribution in [2.75, 3.05) is 11.4 Å². The standard InChI is InChI=1S/C16H20N2O2/c1-10-8-13-14(9-10)16(20)18(15(13)19)12-4-2-11(3-5-12)6-7-17/h2-5,10,13-14H,6-9,17H2,1H3. The summed E-state index contributed by atoms with van der Waals surface area (Å²) in [5.74, 6) is 0.251. The third kappa shape index (κ3) is 2.04. The van der Waals surface area contributed by atoms with Crippen LogP contribution in [0.5, 0.6) is 0 Å². The molecule has 1 heterocycles. The van der Waals surface area contributed by atoms with Gasteiger partial charge < -0.3 is 5.73 Å². The molecule has 4 heteroatoms. The number of hydrogen-bond acceptors (Lipinski definition) is 3. The average molecular weight is 272 g/mol. The van der Waals surface area contributed by atoms with Crippen molar-refractivity contribution in [2.45, 2.75) is 26.2 Å². The largest absolute Gasteiger partial charge is 0.330 e. The van der Waals surface area contributed by atoms with Crippen molar-refractivity contribution in [2.24, 2.45) is 23.5 Å². The first-order chi connectivity index (χ1) is 9.61. The van der Waals surface area contributed by atoms with Gasteiger partial charge in [-0.05, 0) is 49.4 Å². The van der Waals surface area contributed by atoms with Crippen LogP contribution < -0.4 is 10.6 Å². The lowest BCUT2D eigenvalue weighted by molar-refractivity contribution is -0.123. The second kappa shape index (κ2) is 5.02. The van der Waals surface area contributed by atoms with E-state index >= 15 is 0 Å². The van der Waals surface area contributed by atoms with Gasteiger partial charge in [0, 0.05) is 0 Å². The molecule has 1 aromatic rings. The SMILES string of the molecule is CC1CC2C(=O)N(c3ccc(CCN)cc3)C(=O)C2C1. The van der Waals surface area contributed by atoms with Crippen LogP contribution in [0.4, 0.5) is 5.69 Å². The van der Waals surface area contributed by atoms with Gasteiger partial charge in [-0.2, -0.15) is 0 Å². The fraction of sp³-hybridized carbons (Fsp3) is 0.500. The van der Waals surface area contributed by atoms with Gasteiger partial charge in [-0.1, -0.05) is 19.1 Å². The van der Waals surface area contributed by atoms with Crippen molar-refractivity contribution in [1.29, 1.82) is 0 Å². The molecule has 0 radical (unpaired) electrons. The van der Waals surface area contributed by atoms with E-state index in [0.717, 1.165) is 24.8 Å². The fourth-order valence-electron chi connectivity index (χ4n) is 3.51. The molecule has 2 amide bonds. The third-order valence-corrected chi connectivity index (χ3v) is 4.50. The van der Waals surface area contributed by atoms with Gasteiger partial charge in [-0.25, -0.2) is 0 Å². The minimum atomic E-state index is -0.0961. The van der Waals surface area contributed by atoms with Gasteiger partial charge in [0.25, 0.3) is 0 Å². The molecule has 1 saturated heterocycles. The Labute approximate surface area is 118 Å². The Bertz CT molecular complexity index is 514. The molecular formula is C16H20N2O2. The second-order valence-corrected chi connectivity index (χ2v) is 6.01. The van der Waals surface area contributed by atoms with E-state index in [4.69, 9.17) is 5.73 Å². The number of nitrogens with two attached hydrogens (primary N) is 1. The van der Waals surface area contributed by atoms with E-state index in [1.807, 2.05) is 24.3 Å². The number of imide groups is 1. The number of carbonyl (C=O) groups excluding carboxylic acids is 2. The van der Waals surface area contributed by atoms with E-state index < -0.39 is 0 Å². The highest BCUT2D eigenvalue weighted by atomic mass is 16.2. The highest BCUT2D eigenvalue weighted by molar-refractivity contribution is 6.22. The molecule has 1 aliphatic carbocycles. The van der Waals surface area contributed by atoms with Crippen molar-refractivity contribution in [1.82, 2.24) is 0 Å². The maximum atomic E-state index is 12.4. The summed E-state index contributed by atoms with van der Waals surface area (Å²) >= 11 is 0. The molecule has 2 atom stereocenters. The quantitative estimate of drug-likeness (QED) is 0.852. The Morgan fingerprint density at radius 2 is 1.65 bits per heavy atom. The summed E-state index contributed by atoms with van der Waals surface area (Å²) in [6.07, 6.45) is 2.50. The molecule has 0 bridgehead atoms. The lowest BCUT2D eigenvalue weighted by Crippen LogP contribution is -2.32. The van der Waals surface area contributed by atoms with Crippen molar-refractivity contribution in [3.63, 3.8) is 0 Å². The van der Waals surface area contributed by atoms with Crippen molar-refractivity contribution in [3.05, 3.63) is 29.8 Å². The molecular weight excluding hydrogens is 252 g/mol. The molecule has 2 unspecified atom stereocenters. The lowest BCUT2D eigenvalue weighted by Gasteiger charge is -2.17. The summed E-state index contributed by atoms with van der Waals surface area (Å²) in [6, 6.07) is 7.59. The molecule has 1 saturated carbocycles. The van der Waals surface area contributed by atoms with Crippen LogP contribution in [0.1, 0.15) is 25.3 Å². The summed E-state index contributed by atoms with van der Waals surface area (Å²) in [4.78, 5) is 26.3.